The molecule has 0 aliphatic heterocycles. The largest absolute Gasteiger partial charge is 0.247 e. The Morgan fingerprint density at radius 2 is 1.05 bits per heavy atom. The standard InChI is InChI=1S/C36H22N2S/c1-3-11-23(12-4-1)31-22-21-30(33(37-31)24-13-5-2-6-14-24)34-27-17-8-7-15-25(27)28-19-20-29-26-16-9-10-18-32(26)39-36(29)35(28)38-34/h1-22H. The maximum atomic E-state index is 5.46. The summed E-state index contributed by atoms with van der Waals surface area (Å²) in [5.41, 5.74) is 7.13. The lowest BCUT2D eigenvalue weighted by Crippen LogP contribution is -1.96. The number of fused-ring (bicyclic) bond motifs is 7. The van der Waals surface area contributed by atoms with Gasteiger partial charge in [0.05, 0.1) is 27.3 Å². The molecule has 8 rings (SSSR count). The van der Waals surface area contributed by atoms with Gasteiger partial charge in [0, 0.05) is 42.9 Å². The molecule has 0 atom stereocenters. The maximum Gasteiger partial charge on any atom is 0.0894 e. The van der Waals surface area contributed by atoms with Crippen molar-refractivity contribution in [2.45, 2.75) is 0 Å². The third kappa shape index (κ3) is 3.55. The molecule has 0 spiro atoms. The van der Waals surface area contributed by atoms with Crippen LogP contribution >= 0.6 is 11.3 Å². The molecular weight excluding hydrogens is 492 g/mol. The van der Waals surface area contributed by atoms with E-state index in [1.54, 1.807) is 0 Å². The van der Waals surface area contributed by atoms with E-state index >= 15 is 0 Å². The Morgan fingerprint density at radius 3 is 1.85 bits per heavy atom. The van der Waals surface area contributed by atoms with Gasteiger partial charge in [-0.05, 0) is 23.6 Å². The van der Waals surface area contributed by atoms with Crippen molar-refractivity contribution in [3.8, 4) is 33.8 Å². The lowest BCUT2D eigenvalue weighted by molar-refractivity contribution is 1.31. The number of hydrogen-bond acceptors (Lipinski definition) is 3. The van der Waals surface area contributed by atoms with Gasteiger partial charge in [-0.2, -0.15) is 0 Å². The molecule has 5 aromatic carbocycles. The smallest absolute Gasteiger partial charge is 0.0894 e. The molecule has 0 N–H and O–H groups in total. The molecule has 0 unspecified atom stereocenters. The predicted molar refractivity (Wildman–Crippen MR) is 166 cm³/mol. The van der Waals surface area contributed by atoms with Gasteiger partial charge in [0.25, 0.3) is 0 Å². The molecule has 0 radical (unpaired) electrons. The van der Waals surface area contributed by atoms with Crippen LogP contribution in [-0.2, 0) is 0 Å². The van der Waals surface area contributed by atoms with Crippen LogP contribution in [0.5, 0.6) is 0 Å². The fourth-order valence-electron chi connectivity index (χ4n) is 5.64. The van der Waals surface area contributed by atoms with E-state index in [1.807, 2.05) is 23.5 Å². The van der Waals surface area contributed by atoms with Gasteiger partial charge in [-0.25, -0.2) is 9.97 Å². The van der Waals surface area contributed by atoms with E-state index in [-0.39, 0.29) is 0 Å². The number of benzene rings is 5. The van der Waals surface area contributed by atoms with Crippen LogP contribution in [0.4, 0.5) is 0 Å². The minimum Gasteiger partial charge on any atom is -0.247 e. The molecule has 3 heteroatoms. The molecule has 3 heterocycles. The van der Waals surface area contributed by atoms with Crippen molar-refractivity contribution < 1.29 is 0 Å². The van der Waals surface area contributed by atoms with Gasteiger partial charge < -0.3 is 0 Å². The Kier molecular flexibility index (Phi) is 5.04. The van der Waals surface area contributed by atoms with E-state index in [2.05, 4.69) is 121 Å². The van der Waals surface area contributed by atoms with Crippen LogP contribution in [0.15, 0.2) is 133 Å². The average Bonchev–Trinajstić information content (AvgIpc) is 3.40. The minimum atomic E-state index is 0.942. The number of thiophene rings is 1. The average molecular weight is 515 g/mol. The summed E-state index contributed by atoms with van der Waals surface area (Å²) in [5, 5.41) is 6.08. The van der Waals surface area contributed by atoms with E-state index < -0.39 is 0 Å². The Bertz CT molecular complexity index is 2160. The molecule has 182 valence electrons. The first-order valence-electron chi connectivity index (χ1n) is 13.1. The number of pyridine rings is 2. The molecule has 0 bridgehead atoms. The monoisotopic (exact) mass is 514 g/mol. The third-order valence-electron chi connectivity index (χ3n) is 7.48. The van der Waals surface area contributed by atoms with Gasteiger partial charge in [0.15, 0.2) is 0 Å². The van der Waals surface area contributed by atoms with Crippen molar-refractivity contribution in [1.82, 2.24) is 9.97 Å². The maximum absolute atomic E-state index is 5.46. The van der Waals surface area contributed by atoms with Gasteiger partial charge in [0.2, 0.25) is 0 Å². The fraction of sp³-hybridized carbons (Fsp3) is 0. The molecule has 8 aromatic rings. The van der Waals surface area contributed by atoms with Crippen molar-refractivity contribution in [2.75, 3.05) is 0 Å². The zero-order chi connectivity index (χ0) is 25.8. The van der Waals surface area contributed by atoms with Crippen molar-refractivity contribution in [3.05, 3.63) is 133 Å². The molecule has 39 heavy (non-hydrogen) atoms. The SMILES string of the molecule is c1ccc(-c2ccc(-c3nc4c(ccc5c6ccccc6sc54)c4ccccc34)c(-c3ccccc3)n2)cc1. The number of rotatable bonds is 3. The molecule has 2 nitrogen and oxygen atoms in total. The van der Waals surface area contributed by atoms with Crippen LogP contribution in [0.25, 0.3) is 75.6 Å². The summed E-state index contributed by atoms with van der Waals surface area (Å²) in [7, 11) is 0. The molecule has 0 saturated heterocycles. The molecular formula is C36H22N2S. The lowest BCUT2D eigenvalue weighted by Gasteiger charge is -2.15. The highest BCUT2D eigenvalue weighted by Crippen LogP contribution is 2.43. The van der Waals surface area contributed by atoms with Gasteiger partial charge in [-0.1, -0.05) is 115 Å². The van der Waals surface area contributed by atoms with E-state index in [4.69, 9.17) is 9.97 Å². The number of nitrogens with zero attached hydrogens (tertiary/aromatic N) is 2. The van der Waals surface area contributed by atoms with Crippen molar-refractivity contribution in [1.29, 1.82) is 0 Å². The van der Waals surface area contributed by atoms with Crippen LogP contribution in [-0.4, -0.2) is 9.97 Å². The molecule has 0 aliphatic carbocycles. The summed E-state index contributed by atoms with van der Waals surface area (Å²) in [6.07, 6.45) is 0. The first-order chi connectivity index (χ1) is 19.3. The first kappa shape index (κ1) is 22.2. The first-order valence-corrected chi connectivity index (χ1v) is 13.9. The second-order valence-electron chi connectivity index (χ2n) is 9.77. The predicted octanol–water partition coefficient (Wildman–Crippen LogP) is 10.2. The van der Waals surface area contributed by atoms with Gasteiger partial charge in [-0.15, -0.1) is 11.3 Å². The van der Waals surface area contributed by atoms with Crippen LogP contribution in [0, 0.1) is 0 Å². The summed E-state index contributed by atoms with van der Waals surface area (Å²) in [4.78, 5) is 10.7. The van der Waals surface area contributed by atoms with Crippen molar-refractivity contribution in [3.63, 3.8) is 0 Å². The zero-order valence-corrected chi connectivity index (χ0v) is 21.8. The molecule has 0 amide bonds. The second-order valence-corrected chi connectivity index (χ2v) is 10.8. The highest BCUT2D eigenvalue weighted by molar-refractivity contribution is 7.26. The van der Waals surface area contributed by atoms with E-state index in [9.17, 15) is 0 Å². The van der Waals surface area contributed by atoms with Crippen LogP contribution in [0.2, 0.25) is 0 Å². The highest BCUT2D eigenvalue weighted by atomic mass is 32.1. The van der Waals surface area contributed by atoms with Gasteiger partial charge >= 0.3 is 0 Å². The molecule has 0 aliphatic rings. The van der Waals surface area contributed by atoms with Crippen molar-refractivity contribution in [2.24, 2.45) is 0 Å². The van der Waals surface area contributed by atoms with Crippen LogP contribution in [0.1, 0.15) is 0 Å². The Morgan fingerprint density at radius 1 is 0.410 bits per heavy atom. The van der Waals surface area contributed by atoms with Crippen LogP contribution < -0.4 is 0 Å². The number of hydrogen-bond donors (Lipinski definition) is 0. The summed E-state index contributed by atoms with van der Waals surface area (Å²) in [6.45, 7) is 0. The fourth-order valence-corrected chi connectivity index (χ4v) is 6.84. The topological polar surface area (TPSA) is 25.8 Å². The number of aromatic nitrogens is 2. The second kappa shape index (κ2) is 8.87. The summed E-state index contributed by atoms with van der Waals surface area (Å²) in [5.74, 6) is 0. The molecule has 3 aromatic heterocycles. The van der Waals surface area contributed by atoms with E-state index in [0.29, 0.717) is 0 Å². The Balaban J connectivity index is 1.48. The Hall–Kier alpha value is -4.86. The third-order valence-corrected chi connectivity index (χ3v) is 8.68. The van der Waals surface area contributed by atoms with E-state index in [0.717, 1.165) is 44.7 Å². The van der Waals surface area contributed by atoms with E-state index in [1.165, 1.54) is 30.9 Å². The highest BCUT2D eigenvalue weighted by Gasteiger charge is 2.19. The summed E-state index contributed by atoms with van der Waals surface area (Å²) in [6, 6.07) is 46.9. The quantitative estimate of drug-likeness (QED) is 0.219. The van der Waals surface area contributed by atoms with Gasteiger partial charge in [0.1, 0.15) is 0 Å². The van der Waals surface area contributed by atoms with Crippen LogP contribution in [0.3, 0.4) is 0 Å². The summed E-state index contributed by atoms with van der Waals surface area (Å²) < 4.78 is 2.52. The van der Waals surface area contributed by atoms with Crippen molar-refractivity contribution >= 4 is 53.2 Å². The lowest BCUT2D eigenvalue weighted by atomic mass is 9.95. The molecule has 0 saturated carbocycles. The molecule has 0 fully saturated rings. The minimum absolute atomic E-state index is 0.942. The Labute approximate surface area is 229 Å². The normalized spacial score (nSPS) is 11.6. The zero-order valence-electron chi connectivity index (χ0n) is 21.0. The summed E-state index contributed by atoms with van der Waals surface area (Å²) >= 11 is 1.83. The van der Waals surface area contributed by atoms with Gasteiger partial charge in [-0.3, -0.25) is 0 Å².